The SMILES string of the molecule is CCCCCCCCCCCOC(=O)CCCCCNCCCCO. The van der Waals surface area contributed by atoms with Crippen molar-refractivity contribution in [2.24, 2.45) is 0 Å². The molecule has 0 heterocycles. The van der Waals surface area contributed by atoms with Gasteiger partial charge in [0.2, 0.25) is 0 Å². The summed E-state index contributed by atoms with van der Waals surface area (Å²) in [6, 6.07) is 0. The molecule has 25 heavy (non-hydrogen) atoms. The Bertz CT molecular complexity index is 272. The van der Waals surface area contributed by atoms with Gasteiger partial charge in [-0.15, -0.1) is 0 Å². The van der Waals surface area contributed by atoms with Gasteiger partial charge in [-0.3, -0.25) is 4.79 Å². The van der Waals surface area contributed by atoms with Crippen LogP contribution < -0.4 is 5.32 Å². The molecule has 4 heteroatoms. The highest BCUT2D eigenvalue weighted by atomic mass is 16.5. The average molecular weight is 358 g/mol. The Morgan fingerprint density at radius 1 is 0.760 bits per heavy atom. The molecule has 0 atom stereocenters. The number of nitrogens with one attached hydrogen (secondary N) is 1. The lowest BCUT2D eigenvalue weighted by Crippen LogP contribution is -2.17. The van der Waals surface area contributed by atoms with E-state index in [9.17, 15) is 4.79 Å². The number of aliphatic hydroxyl groups is 1. The maximum Gasteiger partial charge on any atom is 0.305 e. The number of ether oxygens (including phenoxy) is 1. The monoisotopic (exact) mass is 357 g/mol. The second-order valence-corrected chi connectivity index (χ2v) is 7.04. The van der Waals surface area contributed by atoms with Gasteiger partial charge >= 0.3 is 5.97 Å². The topological polar surface area (TPSA) is 58.6 Å². The number of hydrogen-bond donors (Lipinski definition) is 2. The molecule has 0 spiro atoms. The van der Waals surface area contributed by atoms with Crippen LogP contribution in [0.3, 0.4) is 0 Å². The lowest BCUT2D eigenvalue weighted by atomic mass is 10.1. The van der Waals surface area contributed by atoms with Crippen LogP contribution in [0, 0.1) is 0 Å². The minimum atomic E-state index is -0.0320. The van der Waals surface area contributed by atoms with E-state index in [-0.39, 0.29) is 12.6 Å². The third-order valence-electron chi connectivity index (χ3n) is 4.51. The smallest absolute Gasteiger partial charge is 0.305 e. The molecule has 0 bridgehead atoms. The van der Waals surface area contributed by atoms with E-state index in [2.05, 4.69) is 12.2 Å². The lowest BCUT2D eigenvalue weighted by molar-refractivity contribution is -0.143. The van der Waals surface area contributed by atoms with Crippen LogP contribution >= 0.6 is 0 Å². The fourth-order valence-corrected chi connectivity index (χ4v) is 2.85. The van der Waals surface area contributed by atoms with Crippen LogP contribution in [0.25, 0.3) is 0 Å². The molecule has 0 aromatic heterocycles. The van der Waals surface area contributed by atoms with Crippen molar-refractivity contribution in [3.63, 3.8) is 0 Å². The zero-order valence-electron chi connectivity index (χ0n) is 16.7. The summed E-state index contributed by atoms with van der Waals surface area (Å²) < 4.78 is 5.30. The van der Waals surface area contributed by atoms with E-state index >= 15 is 0 Å². The highest BCUT2D eigenvalue weighted by Crippen LogP contribution is 2.09. The summed E-state index contributed by atoms with van der Waals surface area (Å²) in [4.78, 5) is 11.6. The van der Waals surface area contributed by atoms with Crippen molar-refractivity contribution < 1.29 is 14.6 Å². The summed E-state index contributed by atoms with van der Waals surface area (Å²) in [7, 11) is 0. The van der Waals surface area contributed by atoms with Gasteiger partial charge in [-0.25, -0.2) is 0 Å². The molecule has 0 aliphatic carbocycles. The Morgan fingerprint density at radius 3 is 1.96 bits per heavy atom. The predicted octanol–water partition coefficient (Wildman–Crippen LogP) is 4.98. The van der Waals surface area contributed by atoms with Crippen LogP contribution in [0.4, 0.5) is 0 Å². The van der Waals surface area contributed by atoms with E-state index in [0.717, 1.165) is 51.6 Å². The van der Waals surface area contributed by atoms with Crippen molar-refractivity contribution in [3.8, 4) is 0 Å². The van der Waals surface area contributed by atoms with Crippen LogP contribution in [0.15, 0.2) is 0 Å². The standard InChI is InChI=1S/C21H43NO3/c1-2-3-4-5-6-7-8-9-15-20-25-21(24)16-11-10-12-17-22-18-13-14-19-23/h22-23H,2-20H2,1H3. The summed E-state index contributed by atoms with van der Waals surface area (Å²) in [5.74, 6) is -0.0320. The van der Waals surface area contributed by atoms with Crippen LogP contribution in [-0.4, -0.2) is 37.4 Å². The van der Waals surface area contributed by atoms with Crippen LogP contribution in [-0.2, 0) is 9.53 Å². The summed E-state index contributed by atoms with van der Waals surface area (Å²) >= 11 is 0. The van der Waals surface area contributed by atoms with E-state index in [0.29, 0.717) is 13.0 Å². The average Bonchev–Trinajstić information content (AvgIpc) is 2.62. The molecule has 0 rings (SSSR count). The van der Waals surface area contributed by atoms with E-state index in [4.69, 9.17) is 9.84 Å². The van der Waals surface area contributed by atoms with Gasteiger partial charge in [0, 0.05) is 13.0 Å². The van der Waals surface area contributed by atoms with Crippen LogP contribution in [0.5, 0.6) is 0 Å². The molecule has 0 unspecified atom stereocenters. The molecule has 0 saturated heterocycles. The first-order chi connectivity index (χ1) is 12.3. The second-order valence-electron chi connectivity index (χ2n) is 7.04. The van der Waals surface area contributed by atoms with E-state index in [1.54, 1.807) is 0 Å². The molecular formula is C21H43NO3. The van der Waals surface area contributed by atoms with Crippen molar-refractivity contribution in [2.45, 2.75) is 103 Å². The fourth-order valence-electron chi connectivity index (χ4n) is 2.85. The van der Waals surface area contributed by atoms with E-state index in [1.165, 1.54) is 51.4 Å². The van der Waals surface area contributed by atoms with Crippen molar-refractivity contribution in [2.75, 3.05) is 26.3 Å². The largest absolute Gasteiger partial charge is 0.466 e. The molecular weight excluding hydrogens is 314 g/mol. The third-order valence-corrected chi connectivity index (χ3v) is 4.51. The molecule has 0 aliphatic heterocycles. The van der Waals surface area contributed by atoms with E-state index < -0.39 is 0 Å². The summed E-state index contributed by atoms with van der Waals surface area (Å²) in [6.07, 6.45) is 17.2. The summed E-state index contributed by atoms with van der Waals surface area (Å²) in [5.41, 5.74) is 0. The van der Waals surface area contributed by atoms with Crippen LogP contribution in [0.2, 0.25) is 0 Å². The molecule has 0 saturated carbocycles. The zero-order valence-corrected chi connectivity index (χ0v) is 16.7. The Labute approximate surface area is 156 Å². The number of esters is 1. The maximum atomic E-state index is 11.6. The summed E-state index contributed by atoms with van der Waals surface area (Å²) in [5, 5.41) is 12.0. The van der Waals surface area contributed by atoms with Crippen molar-refractivity contribution >= 4 is 5.97 Å². The third kappa shape index (κ3) is 21.3. The highest BCUT2D eigenvalue weighted by Gasteiger charge is 2.02. The minimum Gasteiger partial charge on any atom is -0.466 e. The predicted molar refractivity (Wildman–Crippen MR) is 106 cm³/mol. The van der Waals surface area contributed by atoms with Gasteiger partial charge in [0.1, 0.15) is 0 Å². The lowest BCUT2D eigenvalue weighted by Gasteiger charge is -2.06. The van der Waals surface area contributed by atoms with E-state index in [1.807, 2.05) is 0 Å². The molecule has 2 N–H and O–H groups in total. The minimum absolute atomic E-state index is 0.0320. The molecule has 0 aromatic carbocycles. The van der Waals surface area contributed by atoms with Crippen molar-refractivity contribution in [1.29, 1.82) is 0 Å². The molecule has 0 amide bonds. The quantitative estimate of drug-likeness (QED) is 0.238. The van der Waals surface area contributed by atoms with Gasteiger partial charge in [0.25, 0.3) is 0 Å². The first kappa shape index (κ1) is 24.4. The molecule has 4 nitrogen and oxygen atoms in total. The number of rotatable bonds is 20. The number of carbonyl (C=O) groups excluding carboxylic acids is 1. The Morgan fingerprint density at radius 2 is 1.32 bits per heavy atom. The van der Waals surface area contributed by atoms with Crippen molar-refractivity contribution in [1.82, 2.24) is 5.32 Å². The normalized spacial score (nSPS) is 11.0. The second kappa shape index (κ2) is 21.4. The first-order valence-electron chi connectivity index (χ1n) is 10.8. The number of unbranched alkanes of at least 4 members (excludes halogenated alkanes) is 11. The Hall–Kier alpha value is -0.610. The molecule has 0 aliphatic rings. The Kier molecular flexibility index (Phi) is 20.9. The molecule has 0 radical (unpaired) electrons. The molecule has 0 aromatic rings. The summed E-state index contributed by atoms with van der Waals surface area (Å²) in [6.45, 7) is 5.10. The Balaban J connectivity index is 3.13. The number of carbonyl (C=O) groups is 1. The molecule has 0 fully saturated rings. The van der Waals surface area contributed by atoms with Gasteiger partial charge in [-0.2, -0.15) is 0 Å². The number of hydrogen-bond acceptors (Lipinski definition) is 4. The maximum absolute atomic E-state index is 11.6. The van der Waals surface area contributed by atoms with Gasteiger partial charge in [0.15, 0.2) is 0 Å². The number of aliphatic hydroxyl groups excluding tert-OH is 1. The van der Waals surface area contributed by atoms with Crippen molar-refractivity contribution in [3.05, 3.63) is 0 Å². The first-order valence-corrected chi connectivity index (χ1v) is 10.8. The van der Waals surface area contributed by atoms with Crippen LogP contribution in [0.1, 0.15) is 103 Å². The molecule has 150 valence electrons. The fraction of sp³-hybridized carbons (Fsp3) is 0.952. The van der Waals surface area contributed by atoms with Gasteiger partial charge < -0.3 is 15.2 Å². The zero-order chi connectivity index (χ0) is 18.4. The highest BCUT2D eigenvalue weighted by molar-refractivity contribution is 5.69. The van der Waals surface area contributed by atoms with Gasteiger partial charge in [-0.05, 0) is 45.2 Å². The van der Waals surface area contributed by atoms with Gasteiger partial charge in [0.05, 0.1) is 6.61 Å². The van der Waals surface area contributed by atoms with Gasteiger partial charge in [-0.1, -0.05) is 64.7 Å².